The highest BCUT2D eigenvalue weighted by atomic mass is 79.9. The molecular weight excluding hydrogens is 382 g/mol. The van der Waals surface area contributed by atoms with Crippen molar-refractivity contribution >= 4 is 49.6 Å². The van der Waals surface area contributed by atoms with Gasteiger partial charge < -0.3 is 0 Å². The summed E-state index contributed by atoms with van der Waals surface area (Å²) in [5.74, 6) is -0.153. The average Bonchev–Trinajstić information content (AvgIpc) is 3.06. The third kappa shape index (κ3) is 3.26. The average molecular weight is 394 g/mol. The number of nitrogens with zero attached hydrogens (tertiary/aromatic N) is 2. The van der Waals surface area contributed by atoms with E-state index in [1.807, 2.05) is 43.5 Å². The van der Waals surface area contributed by atoms with Crippen molar-refractivity contribution in [1.29, 1.82) is 0 Å². The Morgan fingerprint density at radius 2 is 1.91 bits per heavy atom. The van der Waals surface area contributed by atoms with Crippen molar-refractivity contribution in [2.75, 3.05) is 5.32 Å². The van der Waals surface area contributed by atoms with Gasteiger partial charge in [0.2, 0.25) is 0 Å². The zero-order valence-electron chi connectivity index (χ0n) is 11.9. The minimum absolute atomic E-state index is 0.153. The van der Waals surface area contributed by atoms with E-state index in [1.54, 1.807) is 0 Å². The molecule has 4 nitrogen and oxygen atoms in total. The standard InChI is InChI=1S/C15H12BrN3OS2/c1-8-13(22-9(2)17-8)14(20)19-15-18-12(7-21-15)10-3-5-11(16)6-4-10/h3-7H,1-2H3,(H,18,19,20). The lowest BCUT2D eigenvalue weighted by Crippen LogP contribution is -2.11. The van der Waals surface area contributed by atoms with Crippen LogP contribution in [-0.2, 0) is 0 Å². The lowest BCUT2D eigenvalue weighted by molar-refractivity contribution is 0.103. The summed E-state index contributed by atoms with van der Waals surface area (Å²) in [6.45, 7) is 3.73. The van der Waals surface area contributed by atoms with Crippen molar-refractivity contribution in [2.24, 2.45) is 0 Å². The summed E-state index contributed by atoms with van der Waals surface area (Å²) < 4.78 is 1.02. The highest BCUT2D eigenvalue weighted by Crippen LogP contribution is 2.27. The normalized spacial score (nSPS) is 10.7. The van der Waals surface area contributed by atoms with Gasteiger partial charge in [-0.05, 0) is 26.0 Å². The Hall–Kier alpha value is -1.57. The van der Waals surface area contributed by atoms with Gasteiger partial charge in [-0.3, -0.25) is 10.1 Å². The van der Waals surface area contributed by atoms with Crippen LogP contribution in [0.3, 0.4) is 0 Å². The summed E-state index contributed by atoms with van der Waals surface area (Å²) in [7, 11) is 0. The van der Waals surface area contributed by atoms with Crippen LogP contribution in [0.15, 0.2) is 34.1 Å². The number of anilines is 1. The second kappa shape index (κ2) is 6.28. The topological polar surface area (TPSA) is 54.9 Å². The first-order valence-electron chi connectivity index (χ1n) is 6.50. The molecule has 0 radical (unpaired) electrons. The molecule has 1 aromatic carbocycles. The molecule has 0 aliphatic heterocycles. The molecule has 0 aliphatic rings. The van der Waals surface area contributed by atoms with Crippen molar-refractivity contribution in [3.05, 3.63) is 49.7 Å². The molecule has 2 heterocycles. The van der Waals surface area contributed by atoms with E-state index in [9.17, 15) is 4.79 Å². The highest BCUT2D eigenvalue weighted by molar-refractivity contribution is 9.10. The van der Waals surface area contributed by atoms with E-state index >= 15 is 0 Å². The molecule has 22 heavy (non-hydrogen) atoms. The van der Waals surface area contributed by atoms with E-state index in [4.69, 9.17) is 0 Å². The van der Waals surface area contributed by atoms with Gasteiger partial charge in [0.1, 0.15) is 4.88 Å². The van der Waals surface area contributed by atoms with Gasteiger partial charge in [0, 0.05) is 15.4 Å². The minimum atomic E-state index is -0.153. The number of carbonyl (C=O) groups excluding carboxylic acids is 1. The smallest absolute Gasteiger partial charge is 0.269 e. The Balaban J connectivity index is 1.78. The minimum Gasteiger partial charge on any atom is -0.297 e. The van der Waals surface area contributed by atoms with Crippen molar-refractivity contribution in [3.8, 4) is 11.3 Å². The molecule has 0 aliphatic carbocycles. The molecule has 2 aromatic heterocycles. The fourth-order valence-corrected chi connectivity index (χ4v) is 3.77. The van der Waals surface area contributed by atoms with Gasteiger partial charge in [0.15, 0.2) is 5.13 Å². The third-order valence-corrected chi connectivity index (χ3v) is 5.33. The van der Waals surface area contributed by atoms with Crippen LogP contribution in [0.4, 0.5) is 5.13 Å². The molecular formula is C15H12BrN3OS2. The predicted molar refractivity (Wildman–Crippen MR) is 94.8 cm³/mol. The Kier molecular flexibility index (Phi) is 4.37. The molecule has 1 amide bonds. The summed E-state index contributed by atoms with van der Waals surface area (Å²) in [4.78, 5) is 21.6. The quantitative estimate of drug-likeness (QED) is 0.688. The number of rotatable bonds is 3. The van der Waals surface area contributed by atoms with Gasteiger partial charge in [-0.15, -0.1) is 22.7 Å². The van der Waals surface area contributed by atoms with Crippen LogP contribution in [0.5, 0.6) is 0 Å². The molecule has 0 bridgehead atoms. The Morgan fingerprint density at radius 3 is 2.55 bits per heavy atom. The number of aromatic nitrogens is 2. The largest absolute Gasteiger partial charge is 0.297 e. The van der Waals surface area contributed by atoms with Crippen LogP contribution >= 0.6 is 38.6 Å². The lowest BCUT2D eigenvalue weighted by Gasteiger charge is -1.99. The molecule has 0 spiro atoms. The zero-order chi connectivity index (χ0) is 15.7. The van der Waals surface area contributed by atoms with E-state index in [-0.39, 0.29) is 5.91 Å². The number of hydrogen-bond donors (Lipinski definition) is 1. The molecule has 0 saturated heterocycles. The number of nitrogens with one attached hydrogen (secondary N) is 1. The van der Waals surface area contributed by atoms with E-state index in [1.165, 1.54) is 22.7 Å². The zero-order valence-corrected chi connectivity index (χ0v) is 15.1. The van der Waals surface area contributed by atoms with Crippen molar-refractivity contribution in [2.45, 2.75) is 13.8 Å². The third-order valence-electron chi connectivity index (χ3n) is 2.97. The SMILES string of the molecule is Cc1nc(C)c(C(=O)Nc2nc(-c3ccc(Br)cc3)cs2)s1. The number of thiazole rings is 2. The van der Waals surface area contributed by atoms with Crippen molar-refractivity contribution < 1.29 is 4.79 Å². The first-order chi connectivity index (χ1) is 10.5. The summed E-state index contributed by atoms with van der Waals surface area (Å²) in [5, 5.41) is 6.26. The number of aryl methyl sites for hydroxylation is 2. The maximum atomic E-state index is 12.3. The van der Waals surface area contributed by atoms with E-state index < -0.39 is 0 Å². The van der Waals surface area contributed by atoms with Crippen LogP contribution in [-0.4, -0.2) is 15.9 Å². The van der Waals surface area contributed by atoms with Crippen LogP contribution in [0.25, 0.3) is 11.3 Å². The van der Waals surface area contributed by atoms with Crippen molar-refractivity contribution in [1.82, 2.24) is 9.97 Å². The maximum Gasteiger partial charge on any atom is 0.269 e. The van der Waals surface area contributed by atoms with Crippen molar-refractivity contribution in [3.63, 3.8) is 0 Å². The second-order valence-electron chi connectivity index (χ2n) is 4.65. The molecule has 0 unspecified atom stereocenters. The summed E-state index contributed by atoms with van der Waals surface area (Å²) in [5.41, 5.74) is 2.62. The summed E-state index contributed by atoms with van der Waals surface area (Å²) in [6, 6.07) is 7.91. The fourth-order valence-electron chi connectivity index (χ4n) is 1.98. The monoisotopic (exact) mass is 393 g/mol. The predicted octanol–water partition coefficient (Wildman–Crippen LogP) is 4.90. The number of carbonyl (C=O) groups is 1. The molecule has 3 aromatic rings. The number of halogens is 1. The molecule has 1 N–H and O–H groups in total. The highest BCUT2D eigenvalue weighted by Gasteiger charge is 2.15. The van der Waals surface area contributed by atoms with Crippen LogP contribution in [0.1, 0.15) is 20.4 Å². The van der Waals surface area contributed by atoms with Crippen LogP contribution < -0.4 is 5.32 Å². The fraction of sp³-hybridized carbons (Fsp3) is 0.133. The maximum absolute atomic E-state index is 12.3. The second-order valence-corrected chi connectivity index (χ2v) is 7.62. The van der Waals surface area contributed by atoms with Gasteiger partial charge >= 0.3 is 0 Å². The number of benzene rings is 1. The molecule has 7 heteroatoms. The van der Waals surface area contributed by atoms with Gasteiger partial charge in [-0.1, -0.05) is 28.1 Å². The molecule has 112 valence electrons. The van der Waals surface area contributed by atoms with Gasteiger partial charge in [0.25, 0.3) is 5.91 Å². The number of amides is 1. The Bertz CT molecular complexity index is 824. The van der Waals surface area contributed by atoms with Crippen LogP contribution in [0, 0.1) is 13.8 Å². The van der Waals surface area contributed by atoms with Gasteiger partial charge in [0.05, 0.1) is 16.4 Å². The Morgan fingerprint density at radius 1 is 1.18 bits per heavy atom. The molecule has 0 saturated carbocycles. The van der Waals surface area contributed by atoms with Crippen LogP contribution in [0.2, 0.25) is 0 Å². The van der Waals surface area contributed by atoms with Gasteiger partial charge in [-0.2, -0.15) is 0 Å². The van der Waals surface area contributed by atoms with E-state index in [0.717, 1.165) is 26.4 Å². The summed E-state index contributed by atoms with van der Waals surface area (Å²) >= 11 is 6.22. The summed E-state index contributed by atoms with van der Waals surface area (Å²) in [6.07, 6.45) is 0. The lowest BCUT2D eigenvalue weighted by atomic mass is 10.2. The van der Waals surface area contributed by atoms with Gasteiger partial charge in [-0.25, -0.2) is 9.97 Å². The molecule has 0 atom stereocenters. The van der Waals surface area contributed by atoms with E-state index in [0.29, 0.717) is 10.0 Å². The van der Waals surface area contributed by atoms with E-state index in [2.05, 4.69) is 31.2 Å². The molecule has 0 fully saturated rings. The Labute approximate surface area is 144 Å². The first kappa shape index (κ1) is 15.3. The number of hydrogen-bond acceptors (Lipinski definition) is 5. The molecule has 3 rings (SSSR count). The first-order valence-corrected chi connectivity index (χ1v) is 8.98.